The molecule has 6 aliphatic rings. The summed E-state index contributed by atoms with van der Waals surface area (Å²) in [5.41, 5.74) is 45.3. The Morgan fingerprint density at radius 2 is 0.592 bits per heavy atom. The van der Waals surface area contributed by atoms with Crippen LogP contribution in [0.1, 0.15) is 94.5 Å². The van der Waals surface area contributed by atoms with Crippen LogP contribution in [0.5, 0.6) is 0 Å². The predicted octanol–water partition coefficient (Wildman–Crippen LogP) is 31.2. The minimum atomic E-state index is -0.649. The molecule has 1 unspecified atom stereocenters. The zero-order valence-corrected chi connectivity index (χ0v) is 67.5. The van der Waals surface area contributed by atoms with Crippen molar-refractivity contribution in [1.82, 2.24) is 0 Å². The number of anilines is 6. The van der Waals surface area contributed by atoms with E-state index in [0.29, 0.717) is 0 Å². The highest BCUT2D eigenvalue weighted by atomic mass is 32.1. The van der Waals surface area contributed by atoms with Gasteiger partial charge in [0, 0.05) is 64.8 Å². The largest absolute Gasteiger partial charge is 0.456 e. The molecular formula is C116H76N2OS. The first kappa shape index (κ1) is 67.7. The van der Waals surface area contributed by atoms with Crippen LogP contribution in [0, 0.1) is 0 Å². The summed E-state index contributed by atoms with van der Waals surface area (Å²) in [6.07, 6.45) is 0. The molecule has 20 aromatic rings. The van der Waals surface area contributed by atoms with Gasteiger partial charge in [0.2, 0.25) is 0 Å². The SMILES string of the molecule is CC1(C)c2ccccc2-c2cccc(-c3cccc(N(c4ccc5c(c4)C4(c6ccccc6-c6ccccc64)c4ccccc4-5)c4ccc5sc6c(-c7ccc8c(c7)-c7ccccc7C87c8ccccc8-c8ccc(N(c9cccc(-c%10cccc%11c%10C(C)(C)c%10ccccc%10-%11)c9)c9cccc%10oc%11ccccc%11c9%10)cc87)cccc6c5c4)c3)c21. The van der Waals surface area contributed by atoms with Gasteiger partial charge in [-0.3, -0.25) is 0 Å². The molecule has 0 N–H and O–H groups in total. The smallest absolute Gasteiger partial charge is 0.137 e. The lowest BCUT2D eigenvalue weighted by Crippen LogP contribution is -2.26. The molecule has 0 aliphatic heterocycles. The van der Waals surface area contributed by atoms with Crippen molar-refractivity contribution in [2.24, 2.45) is 0 Å². The van der Waals surface area contributed by atoms with E-state index in [0.717, 1.165) is 56.1 Å². The minimum absolute atomic E-state index is 0.199. The summed E-state index contributed by atoms with van der Waals surface area (Å²) in [7, 11) is 0. The molecule has 4 heteroatoms. The summed E-state index contributed by atoms with van der Waals surface area (Å²) in [4.78, 5) is 5.06. The van der Waals surface area contributed by atoms with Crippen molar-refractivity contribution in [1.29, 1.82) is 0 Å². The van der Waals surface area contributed by atoms with E-state index >= 15 is 0 Å². The molecule has 120 heavy (non-hydrogen) atoms. The van der Waals surface area contributed by atoms with Crippen molar-refractivity contribution in [2.75, 3.05) is 9.80 Å². The average molecular weight is 1550 g/mol. The lowest BCUT2D eigenvalue weighted by molar-refractivity contribution is 0.662. The van der Waals surface area contributed by atoms with Crippen molar-refractivity contribution in [2.45, 2.75) is 49.4 Å². The van der Waals surface area contributed by atoms with Gasteiger partial charge in [0.05, 0.1) is 21.9 Å². The van der Waals surface area contributed by atoms with Crippen LogP contribution in [0.15, 0.2) is 393 Å². The molecule has 2 spiro atoms. The minimum Gasteiger partial charge on any atom is -0.456 e. The molecule has 1 atom stereocenters. The lowest BCUT2D eigenvalue weighted by Gasteiger charge is -2.32. The van der Waals surface area contributed by atoms with Crippen LogP contribution in [0.2, 0.25) is 0 Å². The van der Waals surface area contributed by atoms with Gasteiger partial charge in [-0.2, -0.15) is 0 Å². The molecule has 18 aromatic carbocycles. The van der Waals surface area contributed by atoms with E-state index in [1.165, 1.54) is 187 Å². The van der Waals surface area contributed by atoms with E-state index in [1.807, 2.05) is 11.3 Å². The number of rotatable bonds is 9. The summed E-state index contributed by atoms with van der Waals surface area (Å²) in [6.45, 7) is 9.59. The molecule has 0 amide bonds. The molecule has 0 saturated heterocycles. The number of furan rings is 1. The molecular weight excluding hydrogens is 1470 g/mol. The fourth-order valence-electron chi connectivity index (χ4n) is 23.4. The average Bonchev–Trinajstić information content (AvgIpc) is 1.51. The highest BCUT2D eigenvalue weighted by molar-refractivity contribution is 7.26. The van der Waals surface area contributed by atoms with Gasteiger partial charge in [0.15, 0.2) is 0 Å². The summed E-state index contributed by atoms with van der Waals surface area (Å²) in [5.74, 6) is 0. The molecule has 562 valence electrons. The van der Waals surface area contributed by atoms with E-state index in [2.05, 4.69) is 426 Å². The summed E-state index contributed by atoms with van der Waals surface area (Å²) < 4.78 is 9.28. The number of hydrogen-bond donors (Lipinski definition) is 0. The van der Waals surface area contributed by atoms with Crippen molar-refractivity contribution in [3.63, 3.8) is 0 Å². The molecule has 2 aromatic heterocycles. The van der Waals surface area contributed by atoms with Crippen molar-refractivity contribution in [3.05, 3.63) is 455 Å². The number of para-hydroxylation sites is 1. The Morgan fingerprint density at radius 3 is 1.14 bits per heavy atom. The Bertz CT molecular complexity index is 7850. The number of nitrogens with zero attached hydrogens (tertiary/aromatic N) is 2. The first-order valence-corrected chi connectivity index (χ1v) is 42.9. The van der Waals surface area contributed by atoms with E-state index in [1.54, 1.807) is 0 Å². The monoisotopic (exact) mass is 1540 g/mol. The molecule has 0 saturated carbocycles. The zero-order valence-electron chi connectivity index (χ0n) is 66.7. The lowest BCUT2D eigenvalue weighted by atomic mass is 9.70. The summed E-state index contributed by atoms with van der Waals surface area (Å²) in [5, 5.41) is 4.64. The van der Waals surface area contributed by atoms with Gasteiger partial charge in [-0.25, -0.2) is 0 Å². The Hall–Kier alpha value is -14.4. The van der Waals surface area contributed by atoms with Crippen molar-refractivity contribution >= 4 is 87.6 Å². The van der Waals surface area contributed by atoms with Gasteiger partial charge in [0.1, 0.15) is 11.2 Å². The molecule has 2 heterocycles. The molecule has 0 radical (unpaired) electrons. The molecule has 0 bridgehead atoms. The van der Waals surface area contributed by atoms with Crippen molar-refractivity contribution < 1.29 is 4.42 Å². The van der Waals surface area contributed by atoms with E-state index in [4.69, 9.17) is 4.42 Å². The molecule has 0 fully saturated rings. The molecule has 6 aliphatic carbocycles. The van der Waals surface area contributed by atoms with Crippen LogP contribution in [-0.4, -0.2) is 0 Å². The fourth-order valence-corrected chi connectivity index (χ4v) is 24.7. The third-order valence-electron chi connectivity index (χ3n) is 28.2. The van der Waals surface area contributed by atoms with Crippen LogP contribution in [0.4, 0.5) is 34.1 Å². The van der Waals surface area contributed by atoms with E-state index < -0.39 is 10.8 Å². The first-order chi connectivity index (χ1) is 59.0. The zero-order chi connectivity index (χ0) is 79.2. The quantitative estimate of drug-likeness (QED) is 0.144. The standard InChI is InChI=1S/C116H76N2OS/c1-113(2)95-45-13-5-35-84(95)89-42-23-39-77(110(89)113)69-27-21-29-72(63-69)117(75-56-59-87-82-33-9-17-49-99(82)115(103(87)67-75)97-47-15-7-31-80(97)81-32-8-16-48-98(81)115)74-58-62-108-94(66-74)91-44-25-41-79(112(91)120-108)71-55-61-102-93(65-71)86-37-11-19-51-101(86)116(102)100-50-18-10-34-83(100)88-60-57-76(68-104(88)116)118(105-52-26-54-107-109(105)92-38-12-20-53-106(92)119-107)73-30-22-28-70(64-73)78-40-24-43-90-85-36-6-14-46-96(85)114(3,4)111(78)90/h5-68H,1-4H3. The third kappa shape index (κ3) is 8.92. The topological polar surface area (TPSA) is 19.6 Å². The maximum absolute atomic E-state index is 6.76. The van der Waals surface area contributed by atoms with Crippen LogP contribution in [0.25, 0.3) is 142 Å². The van der Waals surface area contributed by atoms with Gasteiger partial charge in [-0.1, -0.05) is 325 Å². The Balaban J connectivity index is 0.631. The fraction of sp³-hybridized carbons (Fsp3) is 0.0690. The van der Waals surface area contributed by atoms with Gasteiger partial charge in [0.25, 0.3) is 0 Å². The third-order valence-corrected chi connectivity index (χ3v) is 29.5. The second-order valence-electron chi connectivity index (χ2n) is 34.7. The van der Waals surface area contributed by atoms with Crippen LogP contribution in [0.3, 0.4) is 0 Å². The number of benzene rings is 18. The van der Waals surface area contributed by atoms with Gasteiger partial charge in [-0.05, 0) is 258 Å². The maximum Gasteiger partial charge on any atom is 0.137 e. The second-order valence-corrected chi connectivity index (χ2v) is 35.8. The van der Waals surface area contributed by atoms with E-state index in [-0.39, 0.29) is 10.8 Å². The van der Waals surface area contributed by atoms with Gasteiger partial charge >= 0.3 is 0 Å². The Morgan fingerprint density at radius 1 is 0.225 bits per heavy atom. The van der Waals surface area contributed by atoms with Crippen LogP contribution < -0.4 is 9.80 Å². The number of hydrogen-bond acceptors (Lipinski definition) is 4. The summed E-state index contributed by atoms with van der Waals surface area (Å²) >= 11 is 1.90. The highest BCUT2D eigenvalue weighted by Gasteiger charge is 2.54. The van der Waals surface area contributed by atoms with E-state index in [9.17, 15) is 0 Å². The normalized spacial score (nSPS) is 15.4. The van der Waals surface area contributed by atoms with Gasteiger partial charge in [-0.15, -0.1) is 11.3 Å². The highest BCUT2D eigenvalue weighted by Crippen LogP contribution is 2.67. The predicted molar refractivity (Wildman–Crippen MR) is 500 cm³/mol. The Labute approximate surface area is 701 Å². The second kappa shape index (κ2) is 24.6. The summed E-state index contributed by atoms with van der Waals surface area (Å²) in [6, 6.07) is 148. The maximum atomic E-state index is 6.76. The molecule has 3 nitrogen and oxygen atoms in total. The first-order valence-electron chi connectivity index (χ1n) is 42.1. The molecule has 26 rings (SSSR count). The number of thiophene rings is 1. The van der Waals surface area contributed by atoms with Crippen LogP contribution in [-0.2, 0) is 21.7 Å². The van der Waals surface area contributed by atoms with Gasteiger partial charge < -0.3 is 14.2 Å². The van der Waals surface area contributed by atoms with Crippen LogP contribution >= 0.6 is 11.3 Å². The Kier molecular flexibility index (Phi) is 13.9. The van der Waals surface area contributed by atoms with Crippen molar-refractivity contribution in [3.8, 4) is 100 Å². The number of fused-ring (bicyclic) bond motifs is 32.